The molecule has 126 valence electrons. The number of aliphatic hydroxyl groups is 1. The van der Waals surface area contributed by atoms with Gasteiger partial charge in [-0.2, -0.15) is 0 Å². The van der Waals surface area contributed by atoms with Crippen molar-refractivity contribution in [3.63, 3.8) is 0 Å². The first-order chi connectivity index (χ1) is 10.5. The van der Waals surface area contributed by atoms with Crippen LogP contribution in [-0.4, -0.2) is 29.2 Å². The topological polar surface area (TPSA) is 66.8 Å². The van der Waals surface area contributed by atoms with Crippen molar-refractivity contribution in [1.29, 1.82) is 0 Å². The summed E-state index contributed by atoms with van der Waals surface area (Å²) in [5.74, 6) is 0.424. The van der Waals surface area contributed by atoms with Crippen LogP contribution < -0.4 is 4.74 Å². The van der Waals surface area contributed by atoms with Crippen LogP contribution in [0.25, 0.3) is 0 Å². The maximum Gasteiger partial charge on any atom is 0.162 e. The highest BCUT2D eigenvalue weighted by molar-refractivity contribution is 5.96. The van der Waals surface area contributed by atoms with Crippen molar-refractivity contribution in [2.75, 3.05) is 7.11 Å². The normalized spacial score (nSPS) is 11.3. The second-order valence-electron chi connectivity index (χ2n) is 5.36. The number of ether oxygens (including phenoxy) is 1. The molecule has 1 rings (SSSR count). The Kier molecular flexibility index (Phi) is 11.2. The average molecular weight is 310 g/mol. The number of unbranched alkanes of at least 4 members (excludes halogenated alkanes) is 3. The number of hydrogen-bond acceptors (Lipinski definition) is 4. The van der Waals surface area contributed by atoms with Crippen molar-refractivity contribution in [3.05, 3.63) is 23.8 Å². The molecule has 0 amide bonds. The number of ketones is 1. The molecule has 0 aliphatic rings. The smallest absolute Gasteiger partial charge is 0.162 e. The zero-order chi connectivity index (χ0) is 17.0. The van der Waals surface area contributed by atoms with Crippen LogP contribution in [0.15, 0.2) is 18.2 Å². The molecule has 0 radical (unpaired) electrons. The highest BCUT2D eigenvalue weighted by Crippen LogP contribution is 2.26. The van der Waals surface area contributed by atoms with Crippen molar-refractivity contribution in [2.24, 2.45) is 0 Å². The van der Waals surface area contributed by atoms with E-state index in [9.17, 15) is 9.90 Å². The Labute approximate surface area is 134 Å². The first-order valence-corrected chi connectivity index (χ1v) is 8.04. The first kappa shape index (κ1) is 20.5. The minimum atomic E-state index is -0.0955. The summed E-state index contributed by atoms with van der Waals surface area (Å²) in [6, 6.07) is 4.59. The average Bonchev–Trinajstić information content (AvgIpc) is 2.51. The monoisotopic (exact) mass is 310 g/mol. The largest absolute Gasteiger partial charge is 0.504 e. The third kappa shape index (κ3) is 8.67. The molecular weight excluding hydrogens is 280 g/mol. The van der Waals surface area contributed by atoms with Gasteiger partial charge < -0.3 is 14.9 Å². The number of rotatable bonds is 8. The number of phenols is 1. The predicted molar refractivity (Wildman–Crippen MR) is 89.7 cm³/mol. The standard InChI is InChI=1S/C10H12O3.C8H18O/c1-3-8(11)7-4-5-9(12)10(6-7)13-2;1-3-4-5-6-7-8(2)9/h4-6,12H,3H2,1-2H3;8-9H,3-7H2,1-2H3. The Balaban J connectivity index is 0.000000433. The number of carbonyl (C=O) groups is 1. The van der Waals surface area contributed by atoms with E-state index in [1.165, 1.54) is 38.9 Å². The van der Waals surface area contributed by atoms with Gasteiger partial charge in [-0.25, -0.2) is 0 Å². The van der Waals surface area contributed by atoms with Gasteiger partial charge in [0.15, 0.2) is 17.3 Å². The molecular formula is C18H30O4. The van der Waals surface area contributed by atoms with E-state index in [1.54, 1.807) is 19.1 Å². The van der Waals surface area contributed by atoms with E-state index < -0.39 is 0 Å². The number of benzene rings is 1. The van der Waals surface area contributed by atoms with Crippen LogP contribution >= 0.6 is 0 Å². The van der Waals surface area contributed by atoms with Crippen LogP contribution in [0.1, 0.15) is 69.7 Å². The van der Waals surface area contributed by atoms with Crippen molar-refractivity contribution in [1.82, 2.24) is 0 Å². The lowest BCUT2D eigenvalue weighted by Crippen LogP contribution is -1.97. The minimum Gasteiger partial charge on any atom is -0.504 e. The van der Waals surface area contributed by atoms with Crippen LogP contribution in [0.5, 0.6) is 11.5 Å². The number of methoxy groups -OCH3 is 1. The Morgan fingerprint density at radius 3 is 2.41 bits per heavy atom. The van der Waals surface area contributed by atoms with Crippen molar-refractivity contribution in [2.45, 2.75) is 65.4 Å². The van der Waals surface area contributed by atoms with E-state index in [0.717, 1.165) is 6.42 Å². The van der Waals surface area contributed by atoms with Crippen LogP contribution in [0.3, 0.4) is 0 Å². The van der Waals surface area contributed by atoms with Crippen LogP contribution in [0, 0.1) is 0 Å². The molecule has 0 heterocycles. The molecule has 1 unspecified atom stereocenters. The predicted octanol–water partition coefficient (Wildman–Crippen LogP) is 4.33. The van der Waals surface area contributed by atoms with Gasteiger partial charge in [0.05, 0.1) is 13.2 Å². The van der Waals surface area contributed by atoms with E-state index in [0.29, 0.717) is 17.7 Å². The van der Waals surface area contributed by atoms with Crippen molar-refractivity contribution >= 4 is 5.78 Å². The summed E-state index contributed by atoms with van der Waals surface area (Å²) in [5, 5.41) is 18.1. The summed E-state index contributed by atoms with van der Waals surface area (Å²) >= 11 is 0. The Hall–Kier alpha value is -1.55. The Bertz CT molecular complexity index is 427. The number of hydrogen-bond donors (Lipinski definition) is 2. The number of aromatic hydroxyl groups is 1. The summed E-state index contributed by atoms with van der Waals surface area (Å²) < 4.78 is 4.88. The molecule has 1 aromatic carbocycles. The van der Waals surface area contributed by atoms with Crippen LogP contribution in [0.2, 0.25) is 0 Å². The zero-order valence-corrected chi connectivity index (χ0v) is 14.3. The molecule has 1 atom stereocenters. The summed E-state index contributed by atoms with van der Waals surface area (Å²) in [5.41, 5.74) is 0.567. The van der Waals surface area contributed by atoms with Crippen molar-refractivity contribution < 1.29 is 19.7 Å². The van der Waals surface area contributed by atoms with E-state index in [2.05, 4.69) is 6.92 Å². The van der Waals surface area contributed by atoms with Gasteiger partial charge in [0.25, 0.3) is 0 Å². The van der Waals surface area contributed by atoms with E-state index >= 15 is 0 Å². The SMILES string of the molecule is CCC(=O)c1ccc(O)c(OC)c1.CCCCCCC(C)O. The van der Waals surface area contributed by atoms with Gasteiger partial charge in [0.1, 0.15) is 0 Å². The quantitative estimate of drug-likeness (QED) is 0.554. The van der Waals surface area contributed by atoms with Gasteiger partial charge in [0.2, 0.25) is 0 Å². The minimum absolute atomic E-state index is 0.0401. The highest BCUT2D eigenvalue weighted by atomic mass is 16.5. The maximum absolute atomic E-state index is 11.3. The highest BCUT2D eigenvalue weighted by Gasteiger charge is 2.07. The number of aliphatic hydroxyl groups excluding tert-OH is 1. The van der Waals surface area contributed by atoms with Gasteiger partial charge in [0, 0.05) is 12.0 Å². The molecule has 1 aromatic rings. The van der Waals surface area contributed by atoms with Crippen molar-refractivity contribution in [3.8, 4) is 11.5 Å². The van der Waals surface area contributed by atoms with Crippen LogP contribution in [-0.2, 0) is 0 Å². The fraction of sp³-hybridized carbons (Fsp3) is 0.611. The summed E-state index contributed by atoms with van der Waals surface area (Å²) in [4.78, 5) is 11.3. The fourth-order valence-corrected chi connectivity index (χ4v) is 1.92. The van der Waals surface area contributed by atoms with Gasteiger partial charge >= 0.3 is 0 Å². The molecule has 2 N–H and O–H groups in total. The molecule has 0 fully saturated rings. The second-order valence-corrected chi connectivity index (χ2v) is 5.36. The lowest BCUT2D eigenvalue weighted by molar-refractivity contribution is 0.0987. The van der Waals surface area contributed by atoms with Gasteiger partial charge in [-0.15, -0.1) is 0 Å². The summed E-state index contributed by atoms with van der Waals surface area (Å²) in [6.45, 7) is 5.84. The number of phenolic OH excluding ortho intramolecular Hbond substituents is 1. The Morgan fingerprint density at radius 2 is 1.91 bits per heavy atom. The fourth-order valence-electron chi connectivity index (χ4n) is 1.92. The van der Waals surface area contributed by atoms with Gasteiger partial charge in [-0.05, 0) is 31.5 Å². The van der Waals surface area contributed by atoms with Gasteiger partial charge in [-0.1, -0.05) is 39.5 Å². The third-order valence-corrected chi connectivity index (χ3v) is 3.30. The molecule has 4 heteroatoms. The number of carbonyl (C=O) groups excluding carboxylic acids is 1. The molecule has 4 nitrogen and oxygen atoms in total. The molecule has 0 saturated heterocycles. The third-order valence-electron chi connectivity index (χ3n) is 3.30. The Morgan fingerprint density at radius 1 is 1.23 bits per heavy atom. The lowest BCUT2D eigenvalue weighted by Gasteiger charge is -2.04. The maximum atomic E-state index is 11.3. The number of Topliss-reactive ketones (excluding diaryl/α,β-unsaturated/α-hetero) is 1. The lowest BCUT2D eigenvalue weighted by atomic mass is 10.1. The molecule has 0 aliphatic carbocycles. The zero-order valence-electron chi connectivity index (χ0n) is 14.3. The molecule has 0 saturated carbocycles. The molecule has 0 bridgehead atoms. The van der Waals surface area contributed by atoms with E-state index in [4.69, 9.17) is 9.84 Å². The van der Waals surface area contributed by atoms with E-state index in [-0.39, 0.29) is 17.6 Å². The molecule has 0 aliphatic heterocycles. The van der Waals surface area contributed by atoms with Crippen LogP contribution in [0.4, 0.5) is 0 Å². The first-order valence-electron chi connectivity index (χ1n) is 8.04. The molecule has 0 spiro atoms. The summed E-state index contributed by atoms with van der Waals surface area (Å²) in [6.07, 6.45) is 6.38. The second kappa shape index (κ2) is 12.0. The summed E-state index contributed by atoms with van der Waals surface area (Å²) in [7, 11) is 1.45. The molecule has 0 aromatic heterocycles. The van der Waals surface area contributed by atoms with E-state index in [1.807, 2.05) is 6.92 Å². The molecule has 22 heavy (non-hydrogen) atoms. The van der Waals surface area contributed by atoms with Gasteiger partial charge in [-0.3, -0.25) is 4.79 Å².